The van der Waals surface area contributed by atoms with Crippen molar-refractivity contribution in [3.05, 3.63) is 59.8 Å². The largest absolute Gasteiger partial charge is 0.321 e. The number of benzene rings is 2. The molecular formula is C19H17N3O3S2. The van der Waals surface area contributed by atoms with Gasteiger partial charge in [0.15, 0.2) is 15.5 Å². The summed E-state index contributed by atoms with van der Waals surface area (Å²) in [5.41, 5.74) is 2.47. The molecule has 2 aromatic carbocycles. The monoisotopic (exact) mass is 399 g/mol. The Morgan fingerprint density at radius 2 is 1.96 bits per heavy atom. The van der Waals surface area contributed by atoms with E-state index in [0.29, 0.717) is 22.5 Å². The van der Waals surface area contributed by atoms with Gasteiger partial charge in [0.05, 0.1) is 16.3 Å². The Morgan fingerprint density at radius 1 is 1.19 bits per heavy atom. The minimum Gasteiger partial charge on any atom is -0.321 e. The zero-order chi connectivity index (χ0) is 19.2. The Kier molecular flexibility index (Phi) is 4.32. The maximum Gasteiger partial charge on any atom is 0.276 e. The SMILES string of the molecule is CSc1cccc(NC(=O)c2nn(C)c3c2CS(=O)(=O)c2ccccc2-3)c1. The predicted octanol–water partition coefficient (Wildman–Crippen LogP) is 3.35. The second kappa shape index (κ2) is 6.54. The lowest BCUT2D eigenvalue weighted by Gasteiger charge is -2.18. The van der Waals surface area contributed by atoms with Crippen molar-refractivity contribution in [2.75, 3.05) is 11.6 Å². The highest BCUT2D eigenvalue weighted by Gasteiger charge is 2.34. The number of carbonyl (C=O) groups excluding carboxylic acids is 1. The van der Waals surface area contributed by atoms with Gasteiger partial charge in [-0.2, -0.15) is 5.10 Å². The number of hydrogen-bond donors (Lipinski definition) is 1. The Balaban J connectivity index is 1.78. The molecule has 1 aromatic heterocycles. The fourth-order valence-corrected chi connectivity index (χ4v) is 5.37. The maximum absolute atomic E-state index is 12.8. The number of rotatable bonds is 3. The van der Waals surface area contributed by atoms with Gasteiger partial charge in [0, 0.05) is 28.8 Å². The van der Waals surface area contributed by atoms with Gasteiger partial charge in [0.1, 0.15) is 0 Å². The zero-order valence-electron chi connectivity index (χ0n) is 14.8. The maximum atomic E-state index is 12.8. The molecule has 1 N–H and O–H groups in total. The van der Waals surface area contributed by atoms with E-state index in [2.05, 4.69) is 10.4 Å². The van der Waals surface area contributed by atoms with Crippen LogP contribution in [0.2, 0.25) is 0 Å². The van der Waals surface area contributed by atoms with E-state index >= 15 is 0 Å². The Hall–Kier alpha value is -2.58. The fourth-order valence-electron chi connectivity index (χ4n) is 3.32. The summed E-state index contributed by atoms with van der Waals surface area (Å²) in [6, 6.07) is 14.3. The molecule has 0 radical (unpaired) electrons. The summed E-state index contributed by atoms with van der Waals surface area (Å²) < 4.78 is 27.0. The number of hydrogen-bond acceptors (Lipinski definition) is 5. The number of sulfone groups is 1. The summed E-state index contributed by atoms with van der Waals surface area (Å²) >= 11 is 1.57. The number of aryl methyl sites for hydroxylation is 1. The van der Waals surface area contributed by atoms with E-state index in [4.69, 9.17) is 0 Å². The van der Waals surface area contributed by atoms with Crippen molar-refractivity contribution < 1.29 is 13.2 Å². The van der Waals surface area contributed by atoms with Crippen molar-refractivity contribution >= 4 is 33.2 Å². The third-order valence-electron chi connectivity index (χ3n) is 4.50. The number of fused-ring (bicyclic) bond motifs is 3. The Bertz CT molecular complexity index is 1170. The molecule has 0 unspecified atom stereocenters. The molecule has 0 saturated heterocycles. The molecule has 138 valence electrons. The van der Waals surface area contributed by atoms with Crippen molar-refractivity contribution in [1.29, 1.82) is 0 Å². The smallest absolute Gasteiger partial charge is 0.276 e. The predicted molar refractivity (Wildman–Crippen MR) is 106 cm³/mol. The number of nitrogens with zero attached hydrogens (tertiary/aromatic N) is 2. The standard InChI is InChI=1S/C19H17N3O3S2/c1-22-18-14-8-3-4-9-16(14)27(24,25)11-15(18)17(21-22)19(23)20-12-6-5-7-13(10-12)26-2/h3-10H,11H2,1-2H3,(H,20,23). The van der Waals surface area contributed by atoms with Gasteiger partial charge < -0.3 is 5.32 Å². The second-order valence-electron chi connectivity index (χ2n) is 6.24. The van der Waals surface area contributed by atoms with Crippen LogP contribution < -0.4 is 5.32 Å². The number of nitrogens with one attached hydrogen (secondary N) is 1. The zero-order valence-corrected chi connectivity index (χ0v) is 16.4. The molecule has 0 spiro atoms. The van der Waals surface area contributed by atoms with E-state index in [9.17, 15) is 13.2 Å². The van der Waals surface area contributed by atoms with E-state index in [-0.39, 0.29) is 16.3 Å². The molecular weight excluding hydrogens is 382 g/mol. The van der Waals surface area contributed by atoms with Crippen LogP contribution in [0.3, 0.4) is 0 Å². The van der Waals surface area contributed by atoms with Gasteiger partial charge >= 0.3 is 0 Å². The number of carbonyl (C=O) groups is 1. The van der Waals surface area contributed by atoms with Crippen molar-refractivity contribution in [2.45, 2.75) is 15.5 Å². The third-order valence-corrected chi connectivity index (χ3v) is 6.92. The van der Waals surface area contributed by atoms with Gasteiger partial charge in [0.2, 0.25) is 0 Å². The quantitative estimate of drug-likeness (QED) is 0.683. The van der Waals surface area contributed by atoms with Crippen LogP contribution >= 0.6 is 11.8 Å². The fraction of sp³-hybridized carbons (Fsp3) is 0.158. The molecule has 0 fully saturated rings. The number of aromatic nitrogens is 2. The molecule has 3 aromatic rings. The van der Waals surface area contributed by atoms with Crippen LogP contribution in [0.15, 0.2) is 58.3 Å². The van der Waals surface area contributed by atoms with Crippen LogP contribution in [-0.2, 0) is 22.6 Å². The molecule has 0 aliphatic carbocycles. The average molecular weight is 399 g/mol. The molecule has 1 amide bonds. The van der Waals surface area contributed by atoms with E-state index in [1.807, 2.05) is 24.5 Å². The summed E-state index contributed by atoms with van der Waals surface area (Å²) in [5, 5.41) is 7.16. The van der Waals surface area contributed by atoms with E-state index in [1.165, 1.54) is 0 Å². The molecule has 4 rings (SSSR count). The van der Waals surface area contributed by atoms with Gasteiger partial charge in [-0.15, -0.1) is 11.8 Å². The first kappa shape index (κ1) is 17.8. The first-order chi connectivity index (χ1) is 12.9. The number of anilines is 1. The lowest BCUT2D eigenvalue weighted by atomic mass is 10.1. The molecule has 0 bridgehead atoms. The number of thioether (sulfide) groups is 1. The molecule has 1 aliphatic heterocycles. The van der Waals surface area contributed by atoms with Gasteiger partial charge in [0.25, 0.3) is 5.91 Å². The van der Waals surface area contributed by atoms with Gasteiger partial charge in [-0.25, -0.2) is 8.42 Å². The first-order valence-corrected chi connectivity index (χ1v) is 11.1. The topological polar surface area (TPSA) is 81.1 Å². The molecule has 8 heteroatoms. The average Bonchev–Trinajstić information content (AvgIpc) is 2.97. The molecule has 0 saturated carbocycles. The van der Waals surface area contributed by atoms with Crippen LogP contribution in [0.25, 0.3) is 11.3 Å². The van der Waals surface area contributed by atoms with Crippen molar-refractivity contribution in [3.63, 3.8) is 0 Å². The second-order valence-corrected chi connectivity index (χ2v) is 9.08. The van der Waals surface area contributed by atoms with E-state index in [0.717, 1.165) is 4.90 Å². The van der Waals surface area contributed by atoms with E-state index in [1.54, 1.807) is 53.8 Å². The van der Waals surface area contributed by atoms with Crippen LogP contribution in [0.4, 0.5) is 5.69 Å². The summed E-state index contributed by atoms with van der Waals surface area (Å²) in [7, 11) is -1.80. The molecule has 2 heterocycles. The van der Waals surface area contributed by atoms with E-state index < -0.39 is 15.7 Å². The lowest BCUT2D eigenvalue weighted by molar-refractivity contribution is 0.102. The highest BCUT2D eigenvalue weighted by atomic mass is 32.2. The third kappa shape index (κ3) is 3.04. The minimum atomic E-state index is -3.52. The molecule has 6 nitrogen and oxygen atoms in total. The molecule has 1 aliphatic rings. The van der Waals surface area contributed by atoms with Crippen LogP contribution in [0, 0.1) is 0 Å². The molecule has 27 heavy (non-hydrogen) atoms. The highest BCUT2D eigenvalue weighted by Crippen LogP contribution is 2.39. The van der Waals surface area contributed by atoms with Crippen LogP contribution in [0.5, 0.6) is 0 Å². The number of amides is 1. The van der Waals surface area contributed by atoms with Gasteiger partial charge in [-0.1, -0.05) is 24.3 Å². The van der Waals surface area contributed by atoms with Crippen molar-refractivity contribution in [2.24, 2.45) is 7.05 Å². The van der Waals surface area contributed by atoms with Gasteiger partial charge in [-0.3, -0.25) is 9.48 Å². The van der Waals surface area contributed by atoms with Crippen LogP contribution in [-0.4, -0.2) is 30.4 Å². The van der Waals surface area contributed by atoms with Crippen molar-refractivity contribution in [1.82, 2.24) is 9.78 Å². The van der Waals surface area contributed by atoms with Crippen LogP contribution in [0.1, 0.15) is 16.1 Å². The Labute approximate surface area is 161 Å². The first-order valence-electron chi connectivity index (χ1n) is 8.24. The summed E-state index contributed by atoms with van der Waals surface area (Å²) in [4.78, 5) is 14.1. The molecule has 0 atom stereocenters. The normalized spacial score (nSPS) is 14.3. The Morgan fingerprint density at radius 3 is 2.74 bits per heavy atom. The van der Waals surface area contributed by atoms with Gasteiger partial charge in [-0.05, 0) is 30.5 Å². The van der Waals surface area contributed by atoms with Crippen molar-refractivity contribution in [3.8, 4) is 11.3 Å². The summed E-state index contributed by atoms with van der Waals surface area (Å²) in [5.74, 6) is -0.652. The summed E-state index contributed by atoms with van der Waals surface area (Å²) in [6.07, 6.45) is 1.96. The highest BCUT2D eigenvalue weighted by molar-refractivity contribution is 7.98. The lowest BCUT2D eigenvalue weighted by Crippen LogP contribution is -2.18. The minimum absolute atomic E-state index is 0.139. The summed E-state index contributed by atoms with van der Waals surface area (Å²) in [6.45, 7) is 0.